The minimum Gasteiger partial charge on any atom is -0.484 e. The second-order valence-electron chi connectivity index (χ2n) is 4.64. The van der Waals surface area contributed by atoms with Crippen molar-refractivity contribution in [1.82, 2.24) is 5.32 Å². The molecule has 0 aromatic heterocycles. The van der Waals surface area contributed by atoms with Crippen LogP contribution in [0.5, 0.6) is 5.75 Å². The third-order valence-corrected chi connectivity index (χ3v) is 3.04. The van der Waals surface area contributed by atoms with Crippen molar-refractivity contribution in [3.63, 3.8) is 0 Å². The molecule has 0 aliphatic carbocycles. The normalized spacial score (nSPS) is 10.4. The van der Waals surface area contributed by atoms with E-state index < -0.39 is 0 Å². The van der Waals surface area contributed by atoms with E-state index in [-0.39, 0.29) is 12.5 Å². The topological polar surface area (TPSA) is 64.3 Å². The number of rotatable bonds is 7. The minimum atomic E-state index is -0.102. The van der Waals surface area contributed by atoms with Gasteiger partial charge in [0, 0.05) is 6.54 Å². The van der Waals surface area contributed by atoms with E-state index in [4.69, 9.17) is 10.5 Å². The van der Waals surface area contributed by atoms with Crippen molar-refractivity contribution in [3.05, 3.63) is 42.5 Å². The average molecular weight is 272 g/mol. The first-order valence-corrected chi connectivity index (χ1v) is 6.88. The van der Waals surface area contributed by atoms with Crippen molar-refractivity contribution in [3.8, 4) is 5.75 Å². The van der Waals surface area contributed by atoms with Gasteiger partial charge in [0.05, 0.1) is 0 Å². The summed E-state index contributed by atoms with van der Waals surface area (Å²) in [6, 6.07) is 13.9. The zero-order valence-electron chi connectivity index (χ0n) is 11.5. The van der Waals surface area contributed by atoms with Crippen molar-refractivity contribution in [2.75, 3.05) is 19.7 Å². The molecule has 2 rings (SSSR count). The number of nitrogens with one attached hydrogen (secondary N) is 1. The number of carbonyl (C=O) groups is 1. The number of amides is 1. The molecule has 2 aromatic rings. The van der Waals surface area contributed by atoms with Crippen LogP contribution >= 0.6 is 0 Å². The van der Waals surface area contributed by atoms with E-state index in [1.54, 1.807) is 0 Å². The third-order valence-electron chi connectivity index (χ3n) is 3.04. The number of benzene rings is 2. The van der Waals surface area contributed by atoms with Gasteiger partial charge in [-0.3, -0.25) is 4.79 Å². The fourth-order valence-electron chi connectivity index (χ4n) is 1.95. The number of ether oxygens (including phenoxy) is 1. The van der Waals surface area contributed by atoms with Gasteiger partial charge in [0.25, 0.3) is 5.91 Å². The predicted octanol–water partition coefficient (Wildman–Crippen LogP) is 2.07. The first-order valence-electron chi connectivity index (χ1n) is 6.88. The van der Waals surface area contributed by atoms with Crippen LogP contribution in [0.4, 0.5) is 0 Å². The summed E-state index contributed by atoms with van der Waals surface area (Å²) in [5, 5.41) is 5.07. The van der Waals surface area contributed by atoms with Gasteiger partial charge in [-0.25, -0.2) is 0 Å². The Hall–Kier alpha value is -2.07. The summed E-state index contributed by atoms with van der Waals surface area (Å²) in [6.07, 6.45) is 1.82. The molecule has 0 spiro atoms. The lowest BCUT2D eigenvalue weighted by Crippen LogP contribution is -2.29. The SMILES string of the molecule is NCCCCNC(=O)COc1ccc2ccccc2c1. The molecule has 1 amide bonds. The zero-order valence-corrected chi connectivity index (χ0v) is 11.5. The Morgan fingerprint density at radius 2 is 1.90 bits per heavy atom. The van der Waals surface area contributed by atoms with Gasteiger partial charge in [-0.2, -0.15) is 0 Å². The smallest absolute Gasteiger partial charge is 0.257 e. The van der Waals surface area contributed by atoms with Crippen LogP contribution < -0.4 is 15.8 Å². The van der Waals surface area contributed by atoms with Crippen LogP contribution in [0.15, 0.2) is 42.5 Å². The second-order valence-corrected chi connectivity index (χ2v) is 4.64. The lowest BCUT2D eigenvalue weighted by molar-refractivity contribution is -0.123. The number of unbranched alkanes of at least 4 members (excludes halogenated alkanes) is 1. The van der Waals surface area contributed by atoms with E-state index in [1.807, 2.05) is 42.5 Å². The quantitative estimate of drug-likeness (QED) is 0.758. The van der Waals surface area contributed by atoms with Gasteiger partial charge in [-0.05, 0) is 42.3 Å². The molecular formula is C16H20N2O2. The first kappa shape index (κ1) is 14.3. The van der Waals surface area contributed by atoms with Crippen LogP contribution in [-0.2, 0) is 4.79 Å². The molecule has 2 aromatic carbocycles. The maximum atomic E-state index is 11.6. The van der Waals surface area contributed by atoms with Gasteiger partial charge < -0.3 is 15.8 Å². The highest BCUT2D eigenvalue weighted by Gasteiger charge is 2.02. The highest BCUT2D eigenvalue weighted by atomic mass is 16.5. The van der Waals surface area contributed by atoms with Crippen LogP contribution in [0.2, 0.25) is 0 Å². The monoisotopic (exact) mass is 272 g/mol. The van der Waals surface area contributed by atoms with Crippen LogP contribution in [0.1, 0.15) is 12.8 Å². The molecule has 106 valence electrons. The molecule has 20 heavy (non-hydrogen) atoms. The van der Waals surface area contributed by atoms with E-state index in [0.29, 0.717) is 18.8 Å². The summed E-state index contributed by atoms with van der Waals surface area (Å²) in [5.74, 6) is 0.607. The highest BCUT2D eigenvalue weighted by molar-refractivity contribution is 5.84. The third kappa shape index (κ3) is 4.24. The van der Waals surface area contributed by atoms with Gasteiger partial charge >= 0.3 is 0 Å². The summed E-state index contributed by atoms with van der Waals surface area (Å²) in [7, 11) is 0. The van der Waals surface area contributed by atoms with Crippen LogP contribution in [0.25, 0.3) is 10.8 Å². The lowest BCUT2D eigenvalue weighted by atomic mass is 10.1. The van der Waals surface area contributed by atoms with Crippen LogP contribution in [-0.4, -0.2) is 25.6 Å². The van der Waals surface area contributed by atoms with Gasteiger partial charge in [0.15, 0.2) is 6.61 Å². The molecule has 0 fully saturated rings. The van der Waals surface area contributed by atoms with Crippen molar-refractivity contribution in [2.24, 2.45) is 5.73 Å². The lowest BCUT2D eigenvalue weighted by Gasteiger charge is -2.08. The Balaban J connectivity index is 1.81. The molecule has 4 heteroatoms. The molecule has 0 aliphatic rings. The van der Waals surface area contributed by atoms with Gasteiger partial charge in [0.1, 0.15) is 5.75 Å². The Morgan fingerprint density at radius 1 is 1.10 bits per heavy atom. The Labute approximate surface area is 118 Å². The van der Waals surface area contributed by atoms with E-state index in [9.17, 15) is 4.79 Å². The van der Waals surface area contributed by atoms with E-state index in [2.05, 4.69) is 5.32 Å². The van der Waals surface area contributed by atoms with E-state index >= 15 is 0 Å². The van der Waals surface area contributed by atoms with Crippen molar-refractivity contribution in [2.45, 2.75) is 12.8 Å². The molecule has 0 aliphatic heterocycles. The van der Waals surface area contributed by atoms with Gasteiger partial charge in [0.2, 0.25) is 0 Å². The van der Waals surface area contributed by atoms with Gasteiger partial charge in [-0.15, -0.1) is 0 Å². The maximum Gasteiger partial charge on any atom is 0.257 e. The van der Waals surface area contributed by atoms with Crippen LogP contribution in [0.3, 0.4) is 0 Å². The number of hydrogen-bond acceptors (Lipinski definition) is 3. The fourth-order valence-corrected chi connectivity index (χ4v) is 1.95. The first-order chi connectivity index (χ1) is 9.79. The molecule has 0 atom stereocenters. The molecule has 0 saturated carbocycles. The predicted molar refractivity (Wildman–Crippen MR) is 80.7 cm³/mol. The Morgan fingerprint density at radius 3 is 2.70 bits per heavy atom. The standard InChI is InChI=1S/C16H20N2O2/c17-9-3-4-10-18-16(19)12-20-15-8-7-13-5-1-2-6-14(13)11-15/h1-2,5-8,11H,3-4,9-10,12,17H2,(H,18,19). The molecule has 0 radical (unpaired) electrons. The molecule has 0 heterocycles. The van der Waals surface area contributed by atoms with Crippen molar-refractivity contribution >= 4 is 16.7 Å². The largest absolute Gasteiger partial charge is 0.484 e. The summed E-state index contributed by atoms with van der Waals surface area (Å²) < 4.78 is 5.50. The fraction of sp³-hybridized carbons (Fsp3) is 0.312. The molecule has 3 N–H and O–H groups in total. The number of nitrogens with two attached hydrogens (primary N) is 1. The minimum absolute atomic E-state index is 0.0426. The van der Waals surface area contributed by atoms with Crippen molar-refractivity contribution in [1.29, 1.82) is 0 Å². The maximum absolute atomic E-state index is 11.6. The highest BCUT2D eigenvalue weighted by Crippen LogP contribution is 2.20. The molecular weight excluding hydrogens is 252 g/mol. The summed E-state index contributed by atoms with van der Waals surface area (Å²) in [4.78, 5) is 11.6. The summed E-state index contributed by atoms with van der Waals surface area (Å²) in [5.41, 5.74) is 5.39. The van der Waals surface area contributed by atoms with E-state index in [0.717, 1.165) is 23.6 Å². The second kappa shape index (κ2) is 7.50. The van der Waals surface area contributed by atoms with E-state index in [1.165, 1.54) is 0 Å². The van der Waals surface area contributed by atoms with Crippen molar-refractivity contribution < 1.29 is 9.53 Å². The molecule has 0 bridgehead atoms. The van der Waals surface area contributed by atoms with Crippen LogP contribution in [0, 0.1) is 0 Å². The summed E-state index contributed by atoms with van der Waals surface area (Å²) >= 11 is 0. The summed E-state index contributed by atoms with van der Waals surface area (Å²) in [6.45, 7) is 1.35. The van der Waals surface area contributed by atoms with Gasteiger partial charge in [-0.1, -0.05) is 30.3 Å². The molecule has 0 saturated heterocycles. The molecule has 0 unspecified atom stereocenters. The molecule has 4 nitrogen and oxygen atoms in total. The zero-order chi connectivity index (χ0) is 14.2. The number of fused-ring (bicyclic) bond motifs is 1. The Bertz CT molecular complexity index is 569. The Kier molecular flexibility index (Phi) is 5.38. The number of carbonyl (C=O) groups excluding carboxylic acids is 1. The number of hydrogen-bond donors (Lipinski definition) is 2. The average Bonchev–Trinajstić information content (AvgIpc) is 2.49.